The molecule has 0 fully saturated rings. The molecule has 15 heavy (non-hydrogen) atoms. The normalized spacial score (nSPS) is 10.5. The Hall–Kier alpha value is -1.24. The fraction of sp³-hybridized carbons (Fsp3) is 0.625. The van der Waals surface area contributed by atoms with Crippen LogP contribution in [0, 0.1) is 0 Å². The standard InChI is InChI=1S/C8H14N4O2S/c1-12-7(9)10-11-8(12)15-5-3-2-4-6(13)14/h2-5H2,1H3,(H2,9,10)(H,13,14). The van der Waals surface area contributed by atoms with Gasteiger partial charge in [0.25, 0.3) is 0 Å². The van der Waals surface area contributed by atoms with Crippen LogP contribution in [0.25, 0.3) is 0 Å². The molecule has 0 bridgehead atoms. The summed E-state index contributed by atoms with van der Waals surface area (Å²) in [5, 5.41) is 16.8. The molecule has 0 atom stereocenters. The van der Waals surface area contributed by atoms with Gasteiger partial charge in [0.1, 0.15) is 0 Å². The molecule has 0 unspecified atom stereocenters. The Morgan fingerprint density at radius 1 is 1.53 bits per heavy atom. The van der Waals surface area contributed by atoms with E-state index in [4.69, 9.17) is 10.8 Å². The van der Waals surface area contributed by atoms with Crippen molar-refractivity contribution in [2.75, 3.05) is 11.5 Å². The van der Waals surface area contributed by atoms with E-state index >= 15 is 0 Å². The van der Waals surface area contributed by atoms with Gasteiger partial charge in [-0.2, -0.15) is 0 Å². The molecule has 1 aromatic rings. The first-order valence-electron chi connectivity index (χ1n) is 4.60. The number of nitrogens with two attached hydrogens (primary N) is 1. The predicted molar refractivity (Wildman–Crippen MR) is 57.6 cm³/mol. The fourth-order valence-electron chi connectivity index (χ4n) is 0.994. The lowest BCUT2D eigenvalue weighted by Crippen LogP contribution is -1.98. The van der Waals surface area contributed by atoms with Gasteiger partial charge in [0.15, 0.2) is 5.16 Å². The van der Waals surface area contributed by atoms with Gasteiger partial charge in [-0.1, -0.05) is 11.8 Å². The highest BCUT2D eigenvalue weighted by Crippen LogP contribution is 2.17. The number of nitrogen functional groups attached to an aromatic ring is 1. The zero-order chi connectivity index (χ0) is 11.3. The molecule has 84 valence electrons. The van der Waals surface area contributed by atoms with Gasteiger partial charge < -0.3 is 10.8 Å². The van der Waals surface area contributed by atoms with E-state index in [-0.39, 0.29) is 6.42 Å². The van der Waals surface area contributed by atoms with Crippen LogP contribution in [-0.2, 0) is 11.8 Å². The Kier molecular flexibility index (Phi) is 4.41. The van der Waals surface area contributed by atoms with Crippen LogP contribution >= 0.6 is 11.8 Å². The topological polar surface area (TPSA) is 94.0 Å². The number of rotatable bonds is 6. The lowest BCUT2D eigenvalue weighted by molar-refractivity contribution is -0.137. The molecule has 1 aromatic heterocycles. The van der Waals surface area contributed by atoms with Gasteiger partial charge in [0, 0.05) is 19.2 Å². The van der Waals surface area contributed by atoms with E-state index in [9.17, 15) is 4.79 Å². The lowest BCUT2D eigenvalue weighted by Gasteiger charge is -2.00. The number of unbranched alkanes of at least 4 members (excludes halogenated alkanes) is 1. The number of carboxylic acid groups (broad SMARTS) is 1. The highest BCUT2D eigenvalue weighted by Gasteiger charge is 2.05. The Morgan fingerprint density at radius 3 is 2.80 bits per heavy atom. The van der Waals surface area contributed by atoms with Crippen molar-refractivity contribution in [1.29, 1.82) is 0 Å². The maximum absolute atomic E-state index is 10.2. The smallest absolute Gasteiger partial charge is 0.303 e. The Morgan fingerprint density at radius 2 is 2.27 bits per heavy atom. The summed E-state index contributed by atoms with van der Waals surface area (Å²) >= 11 is 1.54. The SMILES string of the molecule is Cn1c(N)nnc1SCCCCC(=O)O. The second-order valence-corrected chi connectivity index (χ2v) is 4.16. The molecule has 0 radical (unpaired) electrons. The first-order chi connectivity index (χ1) is 7.11. The molecule has 1 rings (SSSR count). The molecule has 0 aliphatic heterocycles. The first-order valence-corrected chi connectivity index (χ1v) is 5.59. The Labute approximate surface area is 91.9 Å². The Bertz CT molecular complexity index is 339. The number of carbonyl (C=O) groups is 1. The van der Waals surface area contributed by atoms with E-state index in [1.54, 1.807) is 11.6 Å². The van der Waals surface area contributed by atoms with Crippen LogP contribution in [0.5, 0.6) is 0 Å². The monoisotopic (exact) mass is 230 g/mol. The van der Waals surface area contributed by atoms with Gasteiger partial charge >= 0.3 is 5.97 Å². The highest BCUT2D eigenvalue weighted by molar-refractivity contribution is 7.99. The molecule has 7 heteroatoms. The molecule has 0 saturated heterocycles. The number of thioether (sulfide) groups is 1. The number of aliphatic carboxylic acids is 1. The van der Waals surface area contributed by atoms with E-state index in [1.165, 1.54) is 11.8 Å². The molecule has 0 saturated carbocycles. The van der Waals surface area contributed by atoms with Crippen molar-refractivity contribution >= 4 is 23.7 Å². The molecular formula is C8H14N4O2S. The molecule has 0 spiro atoms. The van der Waals surface area contributed by atoms with E-state index in [2.05, 4.69) is 10.2 Å². The molecule has 0 aliphatic carbocycles. The van der Waals surface area contributed by atoms with Crippen molar-refractivity contribution in [1.82, 2.24) is 14.8 Å². The van der Waals surface area contributed by atoms with Crippen molar-refractivity contribution < 1.29 is 9.90 Å². The number of anilines is 1. The third kappa shape index (κ3) is 3.78. The number of carboxylic acids is 1. The van der Waals surface area contributed by atoms with E-state index in [1.807, 2.05) is 0 Å². The zero-order valence-corrected chi connectivity index (χ0v) is 9.33. The van der Waals surface area contributed by atoms with Gasteiger partial charge in [0.05, 0.1) is 0 Å². The van der Waals surface area contributed by atoms with Crippen molar-refractivity contribution in [3.63, 3.8) is 0 Å². The maximum atomic E-state index is 10.2. The minimum atomic E-state index is -0.747. The summed E-state index contributed by atoms with van der Waals surface area (Å²) in [6.07, 6.45) is 1.76. The minimum Gasteiger partial charge on any atom is -0.481 e. The van der Waals surface area contributed by atoms with Crippen LogP contribution in [0.1, 0.15) is 19.3 Å². The summed E-state index contributed by atoms with van der Waals surface area (Å²) < 4.78 is 1.71. The van der Waals surface area contributed by atoms with Crippen LogP contribution in [0.4, 0.5) is 5.95 Å². The second kappa shape index (κ2) is 5.59. The van der Waals surface area contributed by atoms with Crippen molar-refractivity contribution in [3.8, 4) is 0 Å². The van der Waals surface area contributed by atoms with E-state index in [0.717, 1.165) is 17.3 Å². The molecule has 1 heterocycles. The predicted octanol–water partition coefficient (Wildman–Crippen LogP) is 0.744. The number of hydrogen-bond donors (Lipinski definition) is 2. The maximum Gasteiger partial charge on any atom is 0.303 e. The van der Waals surface area contributed by atoms with Gasteiger partial charge in [-0.3, -0.25) is 9.36 Å². The molecule has 6 nitrogen and oxygen atoms in total. The summed E-state index contributed by atoms with van der Waals surface area (Å²) in [4.78, 5) is 10.2. The van der Waals surface area contributed by atoms with Crippen LogP contribution in [0.2, 0.25) is 0 Å². The summed E-state index contributed by atoms with van der Waals surface area (Å²) in [6, 6.07) is 0. The van der Waals surface area contributed by atoms with Gasteiger partial charge in [-0.15, -0.1) is 10.2 Å². The third-order valence-electron chi connectivity index (χ3n) is 1.88. The molecule has 0 aliphatic rings. The van der Waals surface area contributed by atoms with E-state index in [0.29, 0.717) is 12.4 Å². The van der Waals surface area contributed by atoms with E-state index < -0.39 is 5.97 Å². The summed E-state index contributed by atoms with van der Waals surface area (Å²) in [5.74, 6) is 0.477. The number of nitrogens with zero attached hydrogens (tertiary/aromatic N) is 3. The molecule has 3 N–H and O–H groups in total. The third-order valence-corrected chi connectivity index (χ3v) is 2.99. The molecular weight excluding hydrogens is 216 g/mol. The van der Waals surface area contributed by atoms with Crippen molar-refractivity contribution in [2.24, 2.45) is 7.05 Å². The second-order valence-electron chi connectivity index (χ2n) is 3.10. The van der Waals surface area contributed by atoms with Crippen LogP contribution in [-0.4, -0.2) is 31.6 Å². The lowest BCUT2D eigenvalue weighted by atomic mass is 10.3. The van der Waals surface area contributed by atoms with Crippen LogP contribution in [0.3, 0.4) is 0 Å². The quantitative estimate of drug-likeness (QED) is 0.553. The van der Waals surface area contributed by atoms with Crippen molar-refractivity contribution in [3.05, 3.63) is 0 Å². The zero-order valence-electron chi connectivity index (χ0n) is 8.51. The van der Waals surface area contributed by atoms with Gasteiger partial charge in [0.2, 0.25) is 5.95 Å². The minimum absolute atomic E-state index is 0.224. The number of hydrogen-bond acceptors (Lipinski definition) is 5. The Balaban J connectivity index is 2.20. The fourth-order valence-corrected chi connectivity index (χ4v) is 1.91. The largest absolute Gasteiger partial charge is 0.481 e. The highest BCUT2D eigenvalue weighted by atomic mass is 32.2. The summed E-state index contributed by atoms with van der Waals surface area (Å²) in [5.41, 5.74) is 5.51. The van der Waals surface area contributed by atoms with Crippen LogP contribution < -0.4 is 5.73 Å². The average Bonchev–Trinajstić information content (AvgIpc) is 2.48. The van der Waals surface area contributed by atoms with Crippen molar-refractivity contribution in [2.45, 2.75) is 24.4 Å². The summed E-state index contributed by atoms with van der Waals surface area (Å²) in [7, 11) is 1.80. The molecule has 0 amide bonds. The van der Waals surface area contributed by atoms with Crippen LogP contribution in [0.15, 0.2) is 5.16 Å². The summed E-state index contributed by atoms with van der Waals surface area (Å²) in [6.45, 7) is 0. The van der Waals surface area contributed by atoms with Gasteiger partial charge in [-0.05, 0) is 12.8 Å². The first kappa shape index (κ1) is 11.8. The molecule has 0 aromatic carbocycles. The number of aromatic nitrogens is 3. The van der Waals surface area contributed by atoms with Gasteiger partial charge in [-0.25, -0.2) is 0 Å². The average molecular weight is 230 g/mol.